The Morgan fingerprint density at radius 1 is 1.00 bits per heavy atom. The first-order valence-corrected chi connectivity index (χ1v) is 9.11. The first-order valence-electron chi connectivity index (χ1n) is 8.31. The van der Waals surface area contributed by atoms with Gasteiger partial charge in [-0.3, -0.25) is 0 Å². The summed E-state index contributed by atoms with van der Waals surface area (Å²) in [5, 5.41) is 31.4. The molecular weight excluding hydrogens is 368 g/mol. The number of rotatable bonds is 6. The van der Waals surface area contributed by atoms with Gasteiger partial charge in [-0.05, 0) is 67.6 Å². The summed E-state index contributed by atoms with van der Waals surface area (Å²) in [6, 6.07) is 8.86. The van der Waals surface area contributed by atoms with Crippen molar-refractivity contribution in [1.29, 1.82) is 0 Å². The van der Waals surface area contributed by atoms with Crippen LogP contribution in [0.15, 0.2) is 34.8 Å². The maximum Gasteiger partial charge on any atom is 0.127 e. The Balaban J connectivity index is 2.52. The highest BCUT2D eigenvalue weighted by Gasteiger charge is 2.24. The highest BCUT2D eigenvalue weighted by Crippen LogP contribution is 2.43. The van der Waals surface area contributed by atoms with Gasteiger partial charge in [-0.2, -0.15) is 0 Å². The average Bonchev–Trinajstić information content (AvgIpc) is 2.45. The number of hydrogen-bond acceptors (Lipinski definition) is 3. The highest BCUT2D eigenvalue weighted by atomic mass is 79.9. The zero-order valence-electron chi connectivity index (χ0n) is 14.4. The van der Waals surface area contributed by atoms with Gasteiger partial charge >= 0.3 is 0 Å². The van der Waals surface area contributed by atoms with Gasteiger partial charge in [0.2, 0.25) is 0 Å². The van der Waals surface area contributed by atoms with Gasteiger partial charge in [0.1, 0.15) is 11.5 Å². The lowest BCUT2D eigenvalue weighted by Gasteiger charge is -2.23. The van der Waals surface area contributed by atoms with Gasteiger partial charge in [-0.1, -0.05) is 41.8 Å². The van der Waals surface area contributed by atoms with Gasteiger partial charge in [-0.25, -0.2) is 0 Å². The van der Waals surface area contributed by atoms with Crippen LogP contribution in [0.2, 0.25) is 0 Å². The molecule has 0 aliphatic rings. The molecule has 0 saturated heterocycles. The molecule has 0 unspecified atom stereocenters. The second kappa shape index (κ2) is 7.58. The summed E-state index contributed by atoms with van der Waals surface area (Å²) >= 11 is 3.42. The molecule has 0 aliphatic carbocycles. The fraction of sp³-hybridized carbons (Fsp3) is 0.400. The highest BCUT2D eigenvalue weighted by molar-refractivity contribution is 9.10. The van der Waals surface area contributed by atoms with Crippen molar-refractivity contribution in [3.8, 4) is 22.6 Å². The molecule has 0 bridgehead atoms. The molecular formula is C20H25BrO3. The van der Waals surface area contributed by atoms with E-state index in [1.54, 1.807) is 38.1 Å². The van der Waals surface area contributed by atoms with Crippen molar-refractivity contribution in [2.24, 2.45) is 0 Å². The van der Waals surface area contributed by atoms with Gasteiger partial charge < -0.3 is 15.3 Å². The van der Waals surface area contributed by atoms with Crippen LogP contribution in [0.4, 0.5) is 0 Å². The predicted octanol–water partition coefficient (Wildman–Crippen LogP) is 5.49. The van der Waals surface area contributed by atoms with Crippen LogP contribution in [0.5, 0.6) is 11.5 Å². The number of aromatic hydroxyl groups is 2. The molecule has 0 spiro atoms. The lowest BCUT2D eigenvalue weighted by molar-refractivity contribution is 0.0792. The van der Waals surface area contributed by atoms with Crippen LogP contribution in [0, 0.1) is 0 Å². The molecule has 0 aliphatic heterocycles. The van der Waals surface area contributed by atoms with Crippen LogP contribution in [0.3, 0.4) is 0 Å². The largest absolute Gasteiger partial charge is 0.507 e. The van der Waals surface area contributed by atoms with Crippen LogP contribution < -0.4 is 0 Å². The molecule has 3 N–H and O–H groups in total. The SMILES string of the molecule is CCCCCc1cc(O)c(-c2cc(Br)ccc2C(C)(C)O)c(O)c1. The summed E-state index contributed by atoms with van der Waals surface area (Å²) < 4.78 is 0.816. The third kappa shape index (κ3) is 4.31. The monoisotopic (exact) mass is 392 g/mol. The maximum atomic E-state index is 10.5. The van der Waals surface area contributed by atoms with Crippen LogP contribution in [-0.4, -0.2) is 15.3 Å². The van der Waals surface area contributed by atoms with Crippen molar-refractivity contribution in [3.63, 3.8) is 0 Å². The van der Waals surface area contributed by atoms with Crippen LogP contribution in [-0.2, 0) is 12.0 Å². The van der Waals surface area contributed by atoms with Crippen molar-refractivity contribution >= 4 is 15.9 Å². The number of halogens is 1. The molecule has 4 heteroatoms. The van der Waals surface area contributed by atoms with Gasteiger partial charge in [0.25, 0.3) is 0 Å². The molecule has 0 heterocycles. The average molecular weight is 393 g/mol. The summed E-state index contributed by atoms with van der Waals surface area (Å²) in [5.41, 5.74) is 1.45. The number of hydrogen-bond donors (Lipinski definition) is 3. The molecule has 24 heavy (non-hydrogen) atoms. The van der Waals surface area contributed by atoms with E-state index in [9.17, 15) is 15.3 Å². The zero-order valence-corrected chi connectivity index (χ0v) is 16.0. The molecule has 2 aromatic carbocycles. The Morgan fingerprint density at radius 2 is 1.62 bits per heavy atom. The van der Waals surface area contributed by atoms with E-state index >= 15 is 0 Å². The minimum Gasteiger partial charge on any atom is -0.507 e. The fourth-order valence-electron chi connectivity index (χ4n) is 2.92. The van der Waals surface area contributed by atoms with Gasteiger partial charge in [0.15, 0.2) is 0 Å². The minimum atomic E-state index is -1.09. The Hall–Kier alpha value is -1.52. The number of unbranched alkanes of at least 4 members (excludes halogenated alkanes) is 2. The van der Waals surface area contributed by atoms with E-state index in [2.05, 4.69) is 22.9 Å². The Bertz CT molecular complexity index is 694. The zero-order chi connectivity index (χ0) is 17.9. The number of benzene rings is 2. The number of aliphatic hydroxyl groups is 1. The summed E-state index contributed by atoms with van der Waals surface area (Å²) in [4.78, 5) is 0. The van der Waals surface area contributed by atoms with Gasteiger partial charge in [-0.15, -0.1) is 0 Å². The van der Waals surface area contributed by atoms with E-state index in [0.29, 0.717) is 16.7 Å². The molecule has 2 rings (SSSR count). The molecule has 3 nitrogen and oxygen atoms in total. The lowest BCUT2D eigenvalue weighted by Crippen LogP contribution is -2.16. The third-order valence-electron chi connectivity index (χ3n) is 4.14. The van der Waals surface area contributed by atoms with Gasteiger partial charge in [0.05, 0.1) is 11.2 Å². The summed E-state index contributed by atoms with van der Waals surface area (Å²) in [5.74, 6) is 0.0650. The minimum absolute atomic E-state index is 0.0325. The van der Waals surface area contributed by atoms with Crippen molar-refractivity contribution in [2.45, 2.75) is 52.1 Å². The standard InChI is InChI=1S/C20H25BrO3/c1-4-5-6-7-13-10-17(22)19(18(23)11-13)15-12-14(21)8-9-16(15)20(2,3)24/h8-12,22-24H,4-7H2,1-3H3. The van der Waals surface area contributed by atoms with Gasteiger partial charge in [0, 0.05) is 4.47 Å². The molecule has 0 fully saturated rings. The summed E-state index contributed by atoms with van der Waals surface area (Å²) in [7, 11) is 0. The molecule has 0 saturated carbocycles. The molecule has 0 aromatic heterocycles. The fourth-order valence-corrected chi connectivity index (χ4v) is 3.29. The van der Waals surface area contributed by atoms with Crippen molar-refractivity contribution in [1.82, 2.24) is 0 Å². The number of aryl methyl sites for hydroxylation is 1. The second-order valence-electron chi connectivity index (χ2n) is 6.72. The van der Waals surface area contributed by atoms with E-state index in [1.807, 2.05) is 6.07 Å². The Morgan fingerprint density at radius 3 is 2.17 bits per heavy atom. The van der Waals surface area contributed by atoms with Crippen molar-refractivity contribution in [3.05, 3.63) is 45.9 Å². The lowest BCUT2D eigenvalue weighted by atomic mass is 9.88. The molecule has 0 atom stereocenters. The topological polar surface area (TPSA) is 60.7 Å². The second-order valence-corrected chi connectivity index (χ2v) is 7.63. The van der Waals surface area contributed by atoms with Crippen LogP contribution in [0.1, 0.15) is 51.2 Å². The Labute approximate surface area is 152 Å². The number of phenols is 2. The van der Waals surface area contributed by atoms with Crippen molar-refractivity contribution in [2.75, 3.05) is 0 Å². The van der Waals surface area contributed by atoms with Crippen molar-refractivity contribution < 1.29 is 15.3 Å². The molecule has 2 aromatic rings. The summed E-state index contributed by atoms with van der Waals surface area (Å²) in [6.07, 6.45) is 4.10. The molecule has 0 radical (unpaired) electrons. The normalized spacial score (nSPS) is 11.7. The molecule has 130 valence electrons. The molecule has 0 amide bonds. The smallest absolute Gasteiger partial charge is 0.127 e. The first kappa shape index (κ1) is 18.8. The predicted molar refractivity (Wildman–Crippen MR) is 101 cm³/mol. The third-order valence-corrected chi connectivity index (χ3v) is 4.63. The number of phenolic OH excluding ortho intramolecular Hbond substituents is 2. The van der Waals surface area contributed by atoms with E-state index < -0.39 is 5.60 Å². The summed E-state index contributed by atoms with van der Waals surface area (Å²) in [6.45, 7) is 5.52. The van der Waals surface area contributed by atoms with E-state index in [0.717, 1.165) is 35.7 Å². The maximum absolute atomic E-state index is 10.5. The van der Waals surface area contributed by atoms with Crippen LogP contribution in [0.25, 0.3) is 11.1 Å². The van der Waals surface area contributed by atoms with E-state index in [1.165, 1.54) is 0 Å². The van der Waals surface area contributed by atoms with E-state index in [-0.39, 0.29) is 11.5 Å². The van der Waals surface area contributed by atoms with Crippen LogP contribution >= 0.6 is 15.9 Å². The first-order chi connectivity index (χ1) is 11.2. The van der Waals surface area contributed by atoms with E-state index in [4.69, 9.17) is 0 Å². The Kier molecular flexibility index (Phi) is 5.94. The quantitative estimate of drug-likeness (QED) is 0.569.